The summed E-state index contributed by atoms with van der Waals surface area (Å²) in [5.41, 5.74) is 0. The molecule has 0 aromatic heterocycles. The smallest absolute Gasteiger partial charge is 0.158 e. The van der Waals surface area contributed by atoms with Gasteiger partial charge in [-0.2, -0.15) is 0 Å². The van der Waals surface area contributed by atoms with E-state index >= 15 is 0 Å². The van der Waals surface area contributed by atoms with Gasteiger partial charge in [0.2, 0.25) is 0 Å². The Morgan fingerprint density at radius 1 is 1.33 bits per heavy atom. The van der Waals surface area contributed by atoms with Crippen molar-refractivity contribution in [1.29, 1.82) is 0 Å². The highest BCUT2D eigenvalue weighted by atomic mass is 28.3. The van der Waals surface area contributed by atoms with Crippen LogP contribution in [0.15, 0.2) is 0 Å². The van der Waals surface area contributed by atoms with Gasteiger partial charge in [0.05, 0.1) is 0 Å². The molecule has 0 fully saturated rings. The average molecular weight is 232 g/mol. The van der Waals surface area contributed by atoms with Crippen LogP contribution in [-0.4, -0.2) is 33.4 Å². The molecule has 0 amide bonds. The zero-order valence-corrected chi connectivity index (χ0v) is 11.6. The number of hydrogen-bond donors (Lipinski definition) is 0. The Balaban J connectivity index is 3.49. The molecular weight excluding hydrogens is 208 g/mol. The van der Waals surface area contributed by atoms with E-state index in [1.165, 1.54) is 0 Å². The summed E-state index contributed by atoms with van der Waals surface area (Å²) in [6, 6.07) is 1.13. The van der Waals surface area contributed by atoms with Crippen LogP contribution in [0.2, 0.25) is 25.7 Å². The van der Waals surface area contributed by atoms with Gasteiger partial charge in [-0.1, -0.05) is 26.6 Å². The molecule has 0 radical (unpaired) electrons. The highest BCUT2D eigenvalue weighted by molar-refractivity contribution is 6.76. The molecule has 1 atom stereocenters. The molecule has 0 N–H and O–H groups in total. The van der Waals surface area contributed by atoms with Crippen LogP contribution >= 0.6 is 0 Å². The third-order valence-corrected chi connectivity index (χ3v) is 3.88. The third kappa shape index (κ3) is 8.78. The van der Waals surface area contributed by atoms with Gasteiger partial charge in [0.1, 0.15) is 12.9 Å². The Labute approximate surface area is 94.2 Å². The molecular formula is C11H24O3Si. The fourth-order valence-electron chi connectivity index (χ4n) is 1.09. The zero-order valence-electron chi connectivity index (χ0n) is 10.6. The van der Waals surface area contributed by atoms with Crippen LogP contribution in [-0.2, 0) is 14.3 Å². The molecule has 0 spiro atoms. The van der Waals surface area contributed by atoms with Crippen LogP contribution in [0.5, 0.6) is 0 Å². The Morgan fingerprint density at radius 3 is 2.33 bits per heavy atom. The van der Waals surface area contributed by atoms with Gasteiger partial charge in [-0.25, -0.2) is 0 Å². The van der Waals surface area contributed by atoms with Gasteiger partial charge < -0.3 is 9.47 Å². The van der Waals surface area contributed by atoms with Crippen molar-refractivity contribution in [3.8, 4) is 0 Å². The summed E-state index contributed by atoms with van der Waals surface area (Å²) in [6.45, 7) is 11.4. The molecule has 0 saturated heterocycles. The van der Waals surface area contributed by atoms with Gasteiger partial charge in [0.25, 0.3) is 0 Å². The first-order chi connectivity index (χ1) is 6.87. The van der Waals surface area contributed by atoms with Crippen LogP contribution < -0.4 is 0 Å². The highest BCUT2D eigenvalue weighted by Gasteiger charge is 2.13. The largest absolute Gasteiger partial charge is 0.356 e. The minimum Gasteiger partial charge on any atom is -0.356 e. The van der Waals surface area contributed by atoms with Crippen LogP contribution in [0.3, 0.4) is 0 Å². The molecule has 4 heteroatoms. The second kappa shape index (κ2) is 7.14. The van der Waals surface area contributed by atoms with Crippen molar-refractivity contribution in [3.05, 3.63) is 0 Å². The number of hydrogen-bond acceptors (Lipinski definition) is 3. The van der Waals surface area contributed by atoms with Crippen molar-refractivity contribution in [2.75, 3.05) is 13.4 Å². The van der Waals surface area contributed by atoms with Crippen molar-refractivity contribution in [1.82, 2.24) is 0 Å². The topological polar surface area (TPSA) is 35.5 Å². The lowest BCUT2D eigenvalue weighted by molar-refractivity contribution is -0.139. The molecule has 0 aromatic carbocycles. The van der Waals surface area contributed by atoms with Gasteiger partial charge in [-0.3, -0.25) is 4.79 Å². The lowest BCUT2D eigenvalue weighted by Crippen LogP contribution is -2.24. The Morgan fingerprint density at radius 2 is 1.93 bits per heavy atom. The minimum atomic E-state index is -1.01. The van der Waals surface area contributed by atoms with E-state index in [1.807, 2.05) is 6.92 Å². The quantitative estimate of drug-likeness (QED) is 0.367. The molecule has 0 saturated carbocycles. The molecule has 90 valence electrons. The van der Waals surface area contributed by atoms with E-state index in [-0.39, 0.29) is 18.7 Å². The number of carbonyl (C=O) groups is 1. The van der Waals surface area contributed by atoms with Crippen molar-refractivity contribution in [2.45, 2.75) is 52.1 Å². The maximum absolute atomic E-state index is 11.0. The highest BCUT2D eigenvalue weighted by Crippen LogP contribution is 2.07. The van der Waals surface area contributed by atoms with E-state index in [0.717, 1.165) is 12.7 Å². The molecule has 0 aliphatic heterocycles. The molecule has 0 aliphatic carbocycles. The molecule has 3 nitrogen and oxygen atoms in total. The fourth-order valence-corrected chi connectivity index (χ4v) is 1.85. The number of rotatable bonds is 8. The predicted octanol–water partition coefficient (Wildman–Crippen LogP) is 2.68. The summed E-state index contributed by atoms with van der Waals surface area (Å²) in [5, 5.41) is 0. The summed E-state index contributed by atoms with van der Waals surface area (Å²) < 4.78 is 10.7. The Bertz CT molecular complexity index is 187. The lowest BCUT2D eigenvalue weighted by Gasteiger charge is -2.17. The van der Waals surface area contributed by atoms with Gasteiger partial charge in [0, 0.05) is 14.7 Å². The van der Waals surface area contributed by atoms with Crippen LogP contribution in [0.25, 0.3) is 0 Å². The maximum Gasteiger partial charge on any atom is 0.158 e. The standard InChI is InChI=1S/C11H24O3Si/c1-6-11(10(2)12)14-9-13-7-8-15(3,4)5/h11H,6-9H2,1-5H3/t11-/m0/s1. The number of Topliss-reactive ketones (excluding diaryl/α,β-unsaturated/α-hetero) is 1. The first-order valence-corrected chi connectivity index (χ1v) is 9.27. The van der Waals surface area contributed by atoms with Crippen LogP contribution in [0, 0.1) is 0 Å². The molecule has 0 unspecified atom stereocenters. The van der Waals surface area contributed by atoms with Crippen molar-refractivity contribution in [2.24, 2.45) is 0 Å². The first-order valence-electron chi connectivity index (χ1n) is 5.56. The van der Waals surface area contributed by atoms with E-state index in [0.29, 0.717) is 6.42 Å². The molecule has 0 aliphatic rings. The SMILES string of the molecule is CC[C@H](OCOCC[Si](C)(C)C)C(C)=O. The second-order valence-electron chi connectivity index (χ2n) is 5.01. The normalized spacial score (nSPS) is 13.9. The summed E-state index contributed by atoms with van der Waals surface area (Å²) in [5.74, 6) is 0.0753. The van der Waals surface area contributed by atoms with Crippen molar-refractivity contribution in [3.63, 3.8) is 0 Å². The van der Waals surface area contributed by atoms with Crippen LogP contribution in [0.4, 0.5) is 0 Å². The predicted molar refractivity (Wildman–Crippen MR) is 64.8 cm³/mol. The van der Waals surface area contributed by atoms with Gasteiger partial charge in [-0.15, -0.1) is 0 Å². The Hall–Kier alpha value is -0.193. The van der Waals surface area contributed by atoms with E-state index in [2.05, 4.69) is 19.6 Å². The lowest BCUT2D eigenvalue weighted by atomic mass is 10.2. The van der Waals surface area contributed by atoms with Gasteiger partial charge in [-0.05, 0) is 19.4 Å². The van der Waals surface area contributed by atoms with E-state index in [4.69, 9.17) is 9.47 Å². The fraction of sp³-hybridized carbons (Fsp3) is 0.909. The monoisotopic (exact) mass is 232 g/mol. The zero-order chi connectivity index (χ0) is 11.9. The number of ketones is 1. The molecule has 0 heterocycles. The first kappa shape index (κ1) is 14.8. The van der Waals surface area contributed by atoms with E-state index in [9.17, 15) is 4.79 Å². The summed E-state index contributed by atoms with van der Waals surface area (Å²) >= 11 is 0. The maximum atomic E-state index is 11.0. The summed E-state index contributed by atoms with van der Waals surface area (Å²) in [4.78, 5) is 11.0. The second-order valence-corrected chi connectivity index (χ2v) is 10.6. The Kier molecular flexibility index (Phi) is 7.05. The number of ether oxygens (including phenoxy) is 2. The van der Waals surface area contributed by atoms with Crippen LogP contribution in [0.1, 0.15) is 20.3 Å². The number of carbonyl (C=O) groups excluding carboxylic acids is 1. The van der Waals surface area contributed by atoms with Crippen molar-refractivity contribution < 1.29 is 14.3 Å². The van der Waals surface area contributed by atoms with E-state index in [1.54, 1.807) is 6.92 Å². The summed E-state index contributed by atoms with van der Waals surface area (Å²) in [6.07, 6.45) is 0.420. The van der Waals surface area contributed by atoms with Crippen molar-refractivity contribution >= 4 is 13.9 Å². The third-order valence-electron chi connectivity index (χ3n) is 2.17. The van der Waals surface area contributed by atoms with Gasteiger partial charge in [0.15, 0.2) is 5.78 Å². The van der Waals surface area contributed by atoms with Gasteiger partial charge >= 0.3 is 0 Å². The molecule has 0 bridgehead atoms. The molecule has 15 heavy (non-hydrogen) atoms. The molecule has 0 aromatic rings. The average Bonchev–Trinajstić information content (AvgIpc) is 2.08. The minimum absolute atomic E-state index is 0.0753. The summed E-state index contributed by atoms with van der Waals surface area (Å²) in [7, 11) is -1.01. The molecule has 0 rings (SSSR count). The van der Waals surface area contributed by atoms with E-state index < -0.39 is 8.07 Å².